The molecular weight excluding hydrogens is 392 g/mol. The highest BCUT2D eigenvalue weighted by Crippen LogP contribution is 2.67. The Morgan fingerprint density at radius 1 is 1.03 bits per heavy atom. The van der Waals surface area contributed by atoms with Crippen molar-refractivity contribution in [2.24, 2.45) is 28.6 Å². The van der Waals surface area contributed by atoms with Gasteiger partial charge in [0.05, 0.1) is 6.10 Å². The van der Waals surface area contributed by atoms with Crippen LogP contribution in [0.2, 0.25) is 0 Å². The zero-order chi connectivity index (χ0) is 21.8. The second kappa shape index (κ2) is 7.51. The first-order chi connectivity index (χ1) is 13.4. The number of Topliss-reactive ketones (excluding diaryl/α,β-unsaturated/α-hetero) is 1. The quantitative estimate of drug-likeness (QED) is 0.589. The zero-order valence-corrected chi connectivity index (χ0v) is 18.5. The fourth-order valence-corrected chi connectivity index (χ4v) is 7.24. The van der Waals surface area contributed by atoms with Crippen LogP contribution in [0.5, 0.6) is 0 Å². The Labute approximate surface area is 177 Å². The fraction of sp³-hybridized carbons (Fsp3) is 0.739. The third kappa shape index (κ3) is 3.39. The predicted molar refractivity (Wildman–Crippen MR) is 111 cm³/mol. The van der Waals surface area contributed by atoms with Crippen molar-refractivity contribution < 1.29 is 24.9 Å². The number of ketones is 1. The van der Waals surface area contributed by atoms with Crippen molar-refractivity contribution in [1.82, 2.24) is 0 Å². The number of carbonyl (C=O) groups is 2. The molecule has 3 N–H and O–H groups in total. The van der Waals surface area contributed by atoms with E-state index in [2.05, 4.69) is 19.9 Å². The van der Waals surface area contributed by atoms with Crippen LogP contribution < -0.4 is 0 Å². The summed E-state index contributed by atoms with van der Waals surface area (Å²) in [4.78, 5) is 21.3. The number of halogens is 1. The molecule has 2 saturated carbocycles. The molecule has 4 rings (SSSR count). The molecular formula is C23H33ClO5. The molecule has 5 nitrogen and oxygen atoms in total. The third-order valence-electron chi connectivity index (χ3n) is 8.41. The van der Waals surface area contributed by atoms with Gasteiger partial charge in [-0.15, -0.1) is 0 Å². The van der Waals surface area contributed by atoms with Gasteiger partial charge < -0.3 is 15.3 Å². The third-order valence-corrected chi connectivity index (χ3v) is 8.74. The number of aliphatic hydroxyl groups is 2. The van der Waals surface area contributed by atoms with E-state index in [0.717, 1.165) is 49.6 Å². The molecule has 29 heavy (non-hydrogen) atoms. The van der Waals surface area contributed by atoms with Crippen LogP contribution in [-0.4, -0.2) is 38.8 Å². The number of hydrogen-bond donors (Lipinski definition) is 3. The molecule has 6 heteroatoms. The van der Waals surface area contributed by atoms with Crippen LogP contribution in [0.1, 0.15) is 66.2 Å². The van der Waals surface area contributed by atoms with Gasteiger partial charge in [0, 0.05) is 17.4 Å². The molecule has 0 heterocycles. The van der Waals surface area contributed by atoms with Crippen molar-refractivity contribution in [2.45, 2.75) is 77.9 Å². The number of carboxylic acid groups (broad SMARTS) is 1. The maximum Gasteiger partial charge on any atom is 0.300 e. The molecule has 2 fully saturated rings. The monoisotopic (exact) mass is 424 g/mol. The lowest BCUT2D eigenvalue weighted by Gasteiger charge is -2.57. The van der Waals surface area contributed by atoms with Gasteiger partial charge in [-0.2, -0.15) is 0 Å². The largest absolute Gasteiger partial charge is 0.481 e. The summed E-state index contributed by atoms with van der Waals surface area (Å²) in [5.74, 6) is 0.145. The summed E-state index contributed by atoms with van der Waals surface area (Å²) in [6, 6.07) is 0. The van der Waals surface area contributed by atoms with E-state index in [1.807, 2.05) is 6.08 Å². The molecule has 0 amide bonds. The fourth-order valence-electron chi connectivity index (χ4n) is 6.81. The minimum Gasteiger partial charge on any atom is -0.481 e. The summed E-state index contributed by atoms with van der Waals surface area (Å²) in [5, 5.41) is 29.4. The summed E-state index contributed by atoms with van der Waals surface area (Å²) in [6.45, 7) is 7.03. The molecule has 162 valence electrons. The SMILES string of the molecule is CC(=O)O.CC(=O)[C@@]1(O)CC[C@H]2[C@@H]3C=C(Cl)C4=C[C@@H](O)CC[C@]4(C)[C@H]3CC[C@@]21C. The van der Waals surface area contributed by atoms with Crippen molar-refractivity contribution in [1.29, 1.82) is 0 Å². The molecule has 0 saturated heterocycles. The summed E-state index contributed by atoms with van der Waals surface area (Å²) in [5.41, 5.74) is -0.450. The van der Waals surface area contributed by atoms with E-state index >= 15 is 0 Å². The van der Waals surface area contributed by atoms with Gasteiger partial charge in [-0.3, -0.25) is 9.59 Å². The van der Waals surface area contributed by atoms with Crippen molar-refractivity contribution in [3.63, 3.8) is 0 Å². The second-order valence-electron chi connectivity index (χ2n) is 9.84. The van der Waals surface area contributed by atoms with Gasteiger partial charge in [0.1, 0.15) is 5.60 Å². The summed E-state index contributed by atoms with van der Waals surface area (Å²) in [7, 11) is 0. The molecule has 4 aliphatic rings. The first-order valence-corrected chi connectivity index (χ1v) is 11.0. The zero-order valence-electron chi connectivity index (χ0n) is 17.7. The average Bonchev–Trinajstić information content (AvgIpc) is 2.89. The van der Waals surface area contributed by atoms with Gasteiger partial charge in [-0.25, -0.2) is 0 Å². The molecule has 4 aliphatic carbocycles. The number of carbonyl (C=O) groups excluding carboxylic acids is 1. The van der Waals surface area contributed by atoms with Crippen molar-refractivity contribution in [2.75, 3.05) is 0 Å². The number of allylic oxidation sites excluding steroid dienone is 3. The number of fused-ring (bicyclic) bond motifs is 5. The Morgan fingerprint density at radius 3 is 2.21 bits per heavy atom. The molecule has 0 aromatic heterocycles. The standard InChI is InChI=1S/C21H29ClO3.C2H4O2/c1-12(23)21(25)9-6-16-14-11-18(22)17-10-13(24)4-7-19(17,2)15(14)5-8-20(16,21)3;1-2(3)4/h10-11,13-16,24-25H,4-9H2,1-3H3;1H3,(H,3,4)/t13-,14+,15-,16-,19+,20-,21-;/m0./s1. The van der Waals surface area contributed by atoms with Gasteiger partial charge >= 0.3 is 0 Å². The Balaban J connectivity index is 0.000000552. The van der Waals surface area contributed by atoms with Gasteiger partial charge in [-0.1, -0.05) is 37.6 Å². The van der Waals surface area contributed by atoms with Crippen LogP contribution in [0.3, 0.4) is 0 Å². The Hall–Kier alpha value is -1.17. The summed E-state index contributed by atoms with van der Waals surface area (Å²) in [6.07, 6.45) is 8.79. The number of carboxylic acids is 1. The van der Waals surface area contributed by atoms with E-state index in [9.17, 15) is 15.0 Å². The van der Waals surface area contributed by atoms with Gasteiger partial charge in [-0.05, 0) is 74.2 Å². The highest BCUT2D eigenvalue weighted by Gasteiger charge is 2.65. The Kier molecular flexibility index (Phi) is 5.83. The second-order valence-corrected chi connectivity index (χ2v) is 10.2. The van der Waals surface area contributed by atoms with Crippen molar-refractivity contribution >= 4 is 23.4 Å². The molecule has 7 atom stereocenters. The maximum atomic E-state index is 12.3. The van der Waals surface area contributed by atoms with E-state index in [0.29, 0.717) is 24.2 Å². The molecule has 0 radical (unpaired) electrons. The normalized spacial score (nSPS) is 45.5. The van der Waals surface area contributed by atoms with Crippen LogP contribution in [0.15, 0.2) is 22.8 Å². The summed E-state index contributed by atoms with van der Waals surface area (Å²) < 4.78 is 0. The van der Waals surface area contributed by atoms with Crippen LogP contribution >= 0.6 is 11.6 Å². The number of aliphatic hydroxyl groups excluding tert-OH is 1. The van der Waals surface area contributed by atoms with Crippen LogP contribution in [0, 0.1) is 28.6 Å². The smallest absolute Gasteiger partial charge is 0.300 e. The molecule has 0 aliphatic heterocycles. The minimum atomic E-state index is -1.19. The lowest BCUT2D eigenvalue weighted by molar-refractivity contribution is -0.156. The van der Waals surface area contributed by atoms with E-state index in [4.69, 9.17) is 21.5 Å². The molecule has 0 aromatic carbocycles. The molecule has 0 bridgehead atoms. The highest BCUT2D eigenvalue weighted by molar-refractivity contribution is 6.32. The lowest BCUT2D eigenvalue weighted by atomic mass is 9.48. The first kappa shape index (κ1) is 22.5. The van der Waals surface area contributed by atoms with Crippen LogP contribution in [-0.2, 0) is 9.59 Å². The van der Waals surface area contributed by atoms with Gasteiger partial charge in [0.15, 0.2) is 5.78 Å². The van der Waals surface area contributed by atoms with Gasteiger partial charge in [0.2, 0.25) is 0 Å². The minimum absolute atomic E-state index is 0.00596. The van der Waals surface area contributed by atoms with Crippen molar-refractivity contribution in [3.05, 3.63) is 22.8 Å². The molecule has 0 aromatic rings. The predicted octanol–water partition coefficient (Wildman–Crippen LogP) is 4.06. The maximum absolute atomic E-state index is 12.3. The van der Waals surface area contributed by atoms with E-state index in [1.165, 1.54) is 6.92 Å². The molecule has 0 spiro atoms. The lowest BCUT2D eigenvalue weighted by Crippen LogP contribution is -2.56. The van der Waals surface area contributed by atoms with Crippen molar-refractivity contribution in [3.8, 4) is 0 Å². The first-order valence-electron chi connectivity index (χ1n) is 10.6. The van der Waals surface area contributed by atoms with E-state index < -0.39 is 17.7 Å². The highest BCUT2D eigenvalue weighted by atomic mass is 35.5. The average molecular weight is 425 g/mol. The number of hydrogen-bond acceptors (Lipinski definition) is 4. The topological polar surface area (TPSA) is 94.8 Å². The van der Waals surface area contributed by atoms with Crippen LogP contribution in [0.25, 0.3) is 0 Å². The Morgan fingerprint density at radius 2 is 1.62 bits per heavy atom. The summed E-state index contributed by atoms with van der Waals surface area (Å²) >= 11 is 6.69. The van der Waals surface area contributed by atoms with E-state index in [1.54, 1.807) is 0 Å². The Bertz CT molecular complexity index is 769. The molecule has 0 unspecified atom stereocenters. The number of rotatable bonds is 1. The van der Waals surface area contributed by atoms with E-state index in [-0.39, 0.29) is 16.6 Å². The number of aliphatic carboxylic acids is 1. The van der Waals surface area contributed by atoms with Crippen LogP contribution in [0.4, 0.5) is 0 Å². The van der Waals surface area contributed by atoms with Gasteiger partial charge in [0.25, 0.3) is 5.97 Å².